The number of aromatic nitrogens is 2. The number of carbonyl (C=O) groups is 1. The average Bonchev–Trinajstić information content (AvgIpc) is 2.84. The number of rotatable bonds is 7. The Balaban J connectivity index is 1.80. The molecule has 3 N–H and O–H groups in total. The van der Waals surface area contributed by atoms with Crippen LogP contribution in [0.25, 0.3) is 0 Å². The predicted octanol–water partition coefficient (Wildman–Crippen LogP) is 1.72. The van der Waals surface area contributed by atoms with Crippen LogP contribution < -0.4 is 11.1 Å². The van der Waals surface area contributed by atoms with Crippen molar-refractivity contribution in [3.8, 4) is 0 Å². The van der Waals surface area contributed by atoms with Gasteiger partial charge in [0.2, 0.25) is 5.91 Å². The van der Waals surface area contributed by atoms with Gasteiger partial charge in [-0.05, 0) is 37.1 Å². The van der Waals surface area contributed by atoms with E-state index < -0.39 is 0 Å². The van der Waals surface area contributed by atoms with Gasteiger partial charge in [-0.1, -0.05) is 19.1 Å². The summed E-state index contributed by atoms with van der Waals surface area (Å²) >= 11 is 0. The highest BCUT2D eigenvalue weighted by Gasteiger charge is 2.06. The van der Waals surface area contributed by atoms with E-state index in [1.807, 2.05) is 37.5 Å². The maximum atomic E-state index is 11.1. The van der Waals surface area contributed by atoms with Crippen molar-refractivity contribution in [2.45, 2.75) is 26.9 Å². The van der Waals surface area contributed by atoms with Gasteiger partial charge in [-0.15, -0.1) is 0 Å². The number of imidazole rings is 1. The Labute approximate surface area is 125 Å². The van der Waals surface area contributed by atoms with Crippen molar-refractivity contribution in [1.29, 1.82) is 0 Å². The van der Waals surface area contributed by atoms with Crippen molar-refractivity contribution in [2.24, 2.45) is 11.7 Å². The van der Waals surface area contributed by atoms with Gasteiger partial charge >= 0.3 is 0 Å². The van der Waals surface area contributed by atoms with Crippen LogP contribution >= 0.6 is 0 Å². The molecule has 0 saturated heterocycles. The first-order valence-corrected chi connectivity index (χ1v) is 7.13. The van der Waals surface area contributed by atoms with E-state index >= 15 is 0 Å². The van der Waals surface area contributed by atoms with Gasteiger partial charge in [0, 0.05) is 31.0 Å². The Morgan fingerprint density at radius 3 is 2.95 bits per heavy atom. The summed E-state index contributed by atoms with van der Waals surface area (Å²) in [6, 6.07) is 7.41. The van der Waals surface area contributed by atoms with Crippen molar-refractivity contribution < 1.29 is 4.79 Å². The summed E-state index contributed by atoms with van der Waals surface area (Å²) < 4.78 is 2.15. The lowest BCUT2D eigenvalue weighted by atomic mass is 10.1. The molecule has 0 saturated carbocycles. The normalized spacial score (nSPS) is 12.3. The molecule has 0 aliphatic heterocycles. The van der Waals surface area contributed by atoms with Gasteiger partial charge in [-0.3, -0.25) is 4.79 Å². The quantitative estimate of drug-likeness (QED) is 0.814. The molecule has 0 radical (unpaired) electrons. The van der Waals surface area contributed by atoms with E-state index in [2.05, 4.69) is 21.8 Å². The zero-order valence-corrected chi connectivity index (χ0v) is 12.5. The van der Waals surface area contributed by atoms with Crippen molar-refractivity contribution in [3.63, 3.8) is 0 Å². The van der Waals surface area contributed by atoms with Gasteiger partial charge in [-0.25, -0.2) is 4.98 Å². The zero-order chi connectivity index (χ0) is 15.2. The first-order valence-electron chi connectivity index (χ1n) is 7.13. The van der Waals surface area contributed by atoms with Gasteiger partial charge < -0.3 is 15.6 Å². The topological polar surface area (TPSA) is 72.9 Å². The van der Waals surface area contributed by atoms with Crippen LogP contribution in [0.2, 0.25) is 0 Å². The molecule has 2 rings (SSSR count). The molecule has 0 aliphatic carbocycles. The Hall–Kier alpha value is -2.14. The second kappa shape index (κ2) is 7.04. The van der Waals surface area contributed by atoms with E-state index in [1.54, 1.807) is 6.07 Å². The summed E-state index contributed by atoms with van der Waals surface area (Å²) in [5.74, 6) is 1.15. The van der Waals surface area contributed by atoms with E-state index in [0.717, 1.165) is 31.0 Å². The monoisotopic (exact) mass is 286 g/mol. The lowest BCUT2D eigenvalue weighted by Gasteiger charge is -2.14. The molecule has 1 unspecified atom stereocenters. The number of carbonyl (C=O) groups excluding carboxylic acids is 1. The summed E-state index contributed by atoms with van der Waals surface area (Å²) in [4.78, 5) is 15.4. The van der Waals surface area contributed by atoms with Crippen molar-refractivity contribution in [3.05, 3.63) is 53.6 Å². The first-order chi connectivity index (χ1) is 10.1. The Kier molecular flexibility index (Phi) is 5.11. The number of nitrogens with two attached hydrogens (primary N) is 1. The molecule has 2 aromatic rings. The molecule has 1 aromatic carbocycles. The van der Waals surface area contributed by atoms with Gasteiger partial charge in [-0.2, -0.15) is 0 Å². The van der Waals surface area contributed by atoms with Crippen LogP contribution in [0.4, 0.5) is 0 Å². The number of primary amides is 1. The minimum absolute atomic E-state index is 0.388. The van der Waals surface area contributed by atoms with Gasteiger partial charge in [0.1, 0.15) is 5.82 Å². The third-order valence-electron chi connectivity index (χ3n) is 3.47. The van der Waals surface area contributed by atoms with E-state index in [-0.39, 0.29) is 5.91 Å². The van der Waals surface area contributed by atoms with Crippen LogP contribution in [0, 0.1) is 12.8 Å². The maximum Gasteiger partial charge on any atom is 0.248 e. The average molecular weight is 286 g/mol. The highest BCUT2D eigenvalue weighted by molar-refractivity contribution is 5.92. The molecule has 0 spiro atoms. The smallest absolute Gasteiger partial charge is 0.248 e. The maximum absolute atomic E-state index is 11.1. The van der Waals surface area contributed by atoms with Crippen molar-refractivity contribution in [1.82, 2.24) is 14.9 Å². The third kappa shape index (κ3) is 4.43. The number of amides is 1. The molecule has 5 heteroatoms. The molecule has 1 atom stereocenters. The lowest BCUT2D eigenvalue weighted by Crippen LogP contribution is -2.24. The van der Waals surface area contributed by atoms with E-state index in [0.29, 0.717) is 11.5 Å². The first kappa shape index (κ1) is 15.3. The summed E-state index contributed by atoms with van der Waals surface area (Å²) in [6.07, 6.45) is 3.83. The zero-order valence-electron chi connectivity index (χ0n) is 12.5. The minimum atomic E-state index is -0.388. The molecular weight excluding hydrogens is 264 g/mol. The van der Waals surface area contributed by atoms with Crippen molar-refractivity contribution in [2.75, 3.05) is 6.54 Å². The summed E-state index contributed by atoms with van der Waals surface area (Å²) in [5, 5.41) is 3.41. The van der Waals surface area contributed by atoms with Crippen LogP contribution in [0.3, 0.4) is 0 Å². The summed E-state index contributed by atoms with van der Waals surface area (Å²) in [6.45, 7) is 6.79. The molecule has 1 heterocycles. The number of aryl methyl sites for hydroxylation is 1. The van der Waals surface area contributed by atoms with Gasteiger partial charge in [0.15, 0.2) is 0 Å². The second-order valence-corrected chi connectivity index (χ2v) is 5.43. The summed E-state index contributed by atoms with van der Waals surface area (Å²) in [5.41, 5.74) is 6.90. The minimum Gasteiger partial charge on any atom is -0.366 e. The molecule has 0 aliphatic rings. The molecule has 112 valence electrons. The molecule has 0 fully saturated rings. The van der Waals surface area contributed by atoms with Crippen LogP contribution in [0.1, 0.15) is 28.7 Å². The number of benzene rings is 1. The fraction of sp³-hybridized carbons (Fsp3) is 0.375. The molecule has 0 bridgehead atoms. The summed E-state index contributed by atoms with van der Waals surface area (Å²) in [7, 11) is 0. The highest BCUT2D eigenvalue weighted by Crippen LogP contribution is 2.06. The fourth-order valence-corrected chi connectivity index (χ4v) is 2.29. The number of hydrogen-bond acceptors (Lipinski definition) is 3. The highest BCUT2D eigenvalue weighted by atomic mass is 16.1. The molecule has 1 aromatic heterocycles. The van der Waals surface area contributed by atoms with E-state index in [9.17, 15) is 4.79 Å². The SMILES string of the molecule is Cc1nccn1CC(C)CNCc1cccc(C(N)=O)c1. The van der Waals surface area contributed by atoms with Crippen LogP contribution in [-0.4, -0.2) is 22.0 Å². The molecule has 5 nitrogen and oxygen atoms in total. The third-order valence-corrected chi connectivity index (χ3v) is 3.47. The standard InChI is InChI=1S/C16H22N4O/c1-12(11-20-7-6-19-13(20)2)9-18-10-14-4-3-5-15(8-14)16(17)21/h3-8,12,18H,9-11H2,1-2H3,(H2,17,21). The second-order valence-electron chi connectivity index (χ2n) is 5.43. The van der Waals surface area contributed by atoms with Crippen LogP contribution in [-0.2, 0) is 13.1 Å². The fourth-order valence-electron chi connectivity index (χ4n) is 2.29. The number of nitrogens with one attached hydrogen (secondary N) is 1. The lowest BCUT2D eigenvalue weighted by molar-refractivity contribution is 0.1000. The van der Waals surface area contributed by atoms with E-state index in [4.69, 9.17) is 5.73 Å². The van der Waals surface area contributed by atoms with Crippen molar-refractivity contribution >= 4 is 5.91 Å². The number of nitrogens with zero attached hydrogens (tertiary/aromatic N) is 2. The Morgan fingerprint density at radius 1 is 1.48 bits per heavy atom. The van der Waals surface area contributed by atoms with Gasteiger partial charge in [0.25, 0.3) is 0 Å². The predicted molar refractivity (Wildman–Crippen MR) is 82.8 cm³/mol. The van der Waals surface area contributed by atoms with Crippen LogP contribution in [0.5, 0.6) is 0 Å². The number of hydrogen-bond donors (Lipinski definition) is 2. The Morgan fingerprint density at radius 2 is 2.29 bits per heavy atom. The molecule has 1 amide bonds. The largest absolute Gasteiger partial charge is 0.366 e. The van der Waals surface area contributed by atoms with E-state index in [1.165, 1.54) is 0 Å². The Bertz CT molecular complexity index is 606. The van der Waals surface area contributed by atoms with Gasteiger partial charge in [0.05, 0.1) is 0 Å². The molecular formula is C16H22N4O. The molecule has 21 heavy (non-hydrogen) atoms. The van der Waals surface area contributed by atoms with Crippen LogP contribution in [0.15, 0.2) is 36.7 Å².